The lowest BCUT2D eigenvalue weighted by Gasteiger charge is -2.17. The van der Waals surface area contributed by atoms with E-state index in [9.17, 15) is 9.59 Å². The summed E-state index contributed by atoms with van der Waals surface area (Å²) in [5.41, 5.74) is 6.37. The van der Waals surface area contributed by atoms with E-state index in [-0.39, 0.29) is 11.6 Å². The molecule has 1 aromatic rings. The van der Waals surface area contributed by atoms with Crippen LogP contribution in [0, 0.1) is 5.92 Å². The maximum absolute atomic E-state index is 12.0. The van der Waals surface area contributed by atoms with Gasteiger partial charge in [-0.05, 0) is 43.1 Å². The second-order valence-corrected chi connectivity index (χ2v) is 4.65. The number of nitrogens with zero attached hydrogens (tertiary/aromatic N) is 1. The highest BCUT2D eigenvalue weighted by Gasteiger charge is 2.25. The number of nitrogens with two attached hydrogens (primary N) is 1. The van der Waals surface area contributed by atoms with Crippen molar-refractivity contribution in [1.82, 2.24) is 4.90 Å². The summed E-state index contributed by atoms with van der Waals surface area (Å²) in [6.45, 7) is 1.98. The summed E-state index contributed by atoms with van der Waals surface area (Å²) in [7, 11) is 0. The van der Waals surface area contributed by atoms with Gasteiger partial charge in [0.2, 0.25) is 0 Å². The molecular weight excluding hydrogens is 246 g/mol. The molecule has 4 N–H and O–H groups in total. The lowest BCUT2D eigenvalue weighted by atomic mass is 10.1. The Kier molecular flexibility index (Phi) is 4.01. The zero-order chi connectivity index (χ0) is 13.8. The van der Waals surface area contributed by atoms with Crippen molar-refractivity contribution in [2.45, 2.75) is 6.42 Å². The van der Waals surface area contributed by atoms with Crippen LogP contribution in [0.25, 0.3) is 0 Å². The number of rotatable bonds is 3. The standard InChI is InChI=1S/C13H17N3O3/c14-7-9-5-6-16(8-9)13(19)15-11-3-1-10(2-4-11)12(17)18/h1-4,9H,5-8,14H2,(H,15,19)(H,17,18). The smallest absolute Gasteiger partial charge is 0.335 e. The molecule has 2 rings (SSSR count). The van der Waals surface area contributed by atoms with Gasteiger partial charge in [-0.3, -0.25) is 0 Å². The van der Waals surface area contributed by atoms with Crippen molar-refractivity contribution in [1.29, 1.82) is 0 Å². The van der Waals surface area contributed by atoms with Gasteiger partial charge >= 0.3 is 12.0 Å². The van der Waals surface area contributed by atoms with Crippen molar-refractivity contribution in [3.63, 3.8) is 0 Å². The molecule has 6 nitrogen and oxygen atoms in total. The molecule has 1 atom stereocenters. The van der Waals surface area contributed by atoms with Gasteiger partial charge in [0, 0.05) is 18.8 Å². The number of carbonyl (C=O) groups excluding carboxylic acids is 1. The summed E-state index contributed by atoms with van der Waals surface area (Å²) < 4.78 is 0. The second-order valence-electron chi connectivity index (χ2n) is 4.65. The minimum atomic E-state index is -0.983. The van der Waals surface area contributed by atoms with E-state index in [4.69, 9.17) is 10.8 Å². The number of anilines is 1. The first kappa shape index (κ1) is 13.4. The van der Waals surface area contributed by atoms with Crippen molar-refractivity contribution in [2.24, 2.45) is 11.7 Å². The number of benzene rings is 1. The third-order valence-corrected chi connectivity index (χ3v) is 3.29. The van der Waals surface area contributed by atoms with Gasteiger partial charge in [0.05, 0.1) is 5.56 Å². The van der Waals surface area contributed by atoms with E-state index in [1.165, 1.54) is 12.1 Å². The first-order valence-corrected chi connectivity index (χ1v) is 6.19. The minimum absolute atomic E-state index is 0.168. The molecule has 102 valence electrons. The number of carboxylic acids is 1. The summed E-state index contributed by atoms with van der Waals surface area (Å²) in [6, 6.07) is 5.92. The Balaban J connectivity index is 1.94. The van der Waals surface area contributed by atoms with E-state index in [2.05, 4.69) is 5.32 Å². The van der Waals surface area contributed by atoms with Crippen molar-refractivity contribution in [3.05, 3.63) is 29.8 Å². The minimum Gasteiger partial charge on any atom is -0.478 e. The SMILES string of the molecule is NCC1CCN(C(=O)Nc2ccc(C(=O)O)cc2)C1. The topological polar surface area (TPSA) is 95.7 Å². The molecular formula is C13H17N3O3. The number of nitrogens with one attached hydrogen (secondary N) is 1. The van der Waals surface area contributed by atoms with E-state index in [0.29, 0.717) is 31.2 Å². The zero-order valence-electron chi connectivity index (χ0n) is 10.5. The molecule has 0 bridgehead atoms. The number of carboxylic acid groups (broad SMARTS) is 1. The predicted octanol–water partition coefficient (Wildman–Crippen LogP) is 1.20. The average Bonchev–Trinajstić information content (AvgIpc) is 2.88. The Bertz CT molecular complexity index is 473. The highest BCUT2D eigenvalue weighted by Crippen LogP contribution is 2.17. The number of urea groups is 1. The quantitative estimate of drug-likeness (QED) is 0.763. The molecule has 0 radical (unpaired) electrons. The fourth-order valence-corrected chi connectivity index (χ4v) is 2.11. The highest BCUT2D eigenvalue weighted by atomic mass is 16.4. The molecule has 0 aliphatic carbocycles. The number of aromatic carboxylic acids is 1. The van der Waals surface area contributed by atoms with Gasteiger partial charge in [-0.15, -0.1) is 0 Å². The van der Waals surface area contributed by atoms with Crippen LogP contribution < -0.4 is 11.1 Å². The van der Waals surface area contributed by atoms with E-state index < -0.39 is 5.97 Å². The van der Waals surface area contributed by atoms with Crippen LogP contribution in [0.3, 0.4) is 0 Å². The van der Waals surface area contributed by atoms with Crippen LogP contribution in [-0.2, 0) is 0 Å². The number of amides is 2. The summed E-state index contributed by atoms with van der Waals surface area (Å²) in [6.07, 6.45) is 0.932. The number of carbonyl (C=O) groups is 2. The Morgan fingerprint density at radius 3 is 2.58 bits per heavy atom. The summed E-state index contributed by atoms with van der Waals surface area (Å²) in [5.74, 6) is -0.608. The van der Waals surface area contributed by atoms with Crippen molar-refractivity contribution < 1.29 is 14.7 Å². The summed E-state index contributed by atoms with van der Waals surface area (Å²) >= 11 is 0. The lowest BCUT2D eigenvalue weighted by Crippen LogP contribution is -2.33. The van der Waals surface area contributed by atoms with Gasteiger partial charge in [0.15, 0.2) is 0 Å². The molecule has 1 aliphatic heterocycles. The summed E-state index contributed by atoms with van der Waals surface area (Å²) in [5, 5.41) is 11.5. The molecule has 19 heavy (non-hydrogen) atoms. The van der Waals surface area contributed by atoms with Crippen LogP contribution in [0.5, 0.6) is 0 Å². The van der Waals surface area contributed by atoms with E-state index in [1.54, 1.807) is 17.0 Å². The number of likely N-dealkylation sites (tertiary alicyclic amines) is 1. The molecule has 1 unspecified atom stereocenters. The number of hydrogen-bond acceptors (Lipinski definition) is 3. The molecule has 1 aliphatic rings. The fraction of sp³-hybridized carbons (Fsp3) is 0.385. The lowest BCUT2D eigenvalue weighted by molar-refractivity contribution is 0.0697. The van der Waals surface area contributed by atoms with Crippen LogP contribution in [0.2, 0.25) is 0 Å². The van der Waals surface area contributed by atoms with Gasteiger partial charge in [-0.1, -0.05) is 0 Å². The van der Waals surface area contributed by atoms with Crippen molar-refractivity contribution in [3.8, 4) is 0 Å². The summed E-state index contributed by atoms with van der Waals surface area (Å²) in [4.78, 5) is 24.4. The van der Waals surface area contributed by atoms with Crippen molar-refractivity contribution in [2.75, 3.05) is 25.0 Å². The van der Waals surface area contributed by atoms with Gasteiger partial charge in [0.1, 0.15) is 0 Å². The van der Waals surface area contributed by atoms with E-state index >= 15 is 0 Å². The average molecular weight is 263 g/mol. The first-order valence-electron chi connectivity index (χ1n) is 6.19. The maximum atomic E-state index is 12.0. The predicted molar refractivity (Wildman–Crippen MR) is 71.2 cm³/mol. The van der Waals surface area contributed by atoms with Gasteiger partial charge in [0.25, 0.3) is 0 Å². The normalized spacial score (nSPS) is 18.4. The molecule has 0 saturated carbocycles. The molecule has 0 aromatic heterocycles. The van der Waals surface area contributed by atoms with Crippen molar-refractivity contribution >= 4 is 17.7 Å². The van der Waals surface area contributed by atoms with Gasteiger partial charge in [-0.25, -0.2) is 9.59 Å². The third-order valence-electron chi connectivity index (χ3n) is 3.29. The number of hydrogen-bond donors (Lipinski definition) is 3. The second kappa shape index (κ2) is 5.71. The Morgan fingerprint density at radius 1 is 1.37 bits per heavy atom. The Morgan fingerprint density at radius 2 is 2.05 bits per heavy atom. The highest BCUT2D eigenvalue weighted by molar-refractivity contribution is 5.91. The Hall–Kier alpha value is -2.08. The molecule has 1 aromatic carbocycles. The Labute approximate surface area is 111 Å². The van der Waals surface area contributed by atoms with E-state index in [1.807, 2.05) is 0 Å². The first-order chi connectivity index (χ1) is 9.10. The van der Waals surface area contributed by atoms with Gasteiger partial charge < -0.3 is 21.1 Å². The molecule has 2 amide bonds. The van der Waals surface area contributed by atoms with Crippen LogP contribution >= 0.6 is 0 Å². The maximum Gasteiger partial charge on any atom is 0.335 e. The molecule has 6 heteroatoms. The zero-order valence-corrected chi connectivity index (χ0v) is 10.5. The van der Waals surface area contributed by atoms with Gasteiger partial charge in [-0.2, -0.15) is 0 Å². The molecule has 1 saturated heterocycles. The van der Waals surface area contributed by atoms with Crippen LogP contribution in [0.15, 0.2) is 24.3 Å². The van der Waals surface area contributed by atoms with Crippen LogP contribution in [0.1, 0.15) is 16.8 Å². The van der Waals surface area contributed by atoms with Crippen LogP contribution in [0.4, 0.5) is 10.5 Å². The molecule has 1 fully saturated rings. The fourth-order valence-electron chi connectivity index (χ4n) is 2.11. The van der Waals surface area contributed by atoms with E-state index in [0.717, 1.165) is 6.42 Å². The monoisotopic (exact) mass is 263 g/mol. The third kappa shape index (κ3) is 3.23. The van der Waals surface area contributed by atoms with Crippen LogP contribution in [-0.4, -0.2) is 41.6 Å². The molecule has 1 heterocycles. The largest absolute Gasteiger partial charge is 0.478 e. The molecule has 0 spiro atoms.